The molecule has 30 heavy (non-hydrogen) atoms. The zero-order chi connectivity index (χ0) is 21.8. The van der Waals surface area contributed by atoms with Gasteiger partial charge in [-0.05, 0) is 37.3 Å². The maximum absolute atomic E-state index is 12.7. The summed E-state index contributed by atoms with van der Waals surface area (Å²) in [4.78, 5) is 4.53. The number of hydrogen-bond acceptors (Lipinski definition) is 4. The van der Waals surface area contributed by atoms with Gasteiger partial charge in [-0.2, -0.15) is 17.5 Å². The lowest BCUT2D eigenvalue weighted by Crippen LogP contribution is -2.45. The van der Waals surface area contributed by atoms with Crippen LogP contribution in [0, 0.1) is 5.92 Å². The molecular weight excluding hydrogens is 421 g/mol. The molecule has 2 N–H and O–H groups in total. The van der Waals surface area contributed by atoms with Gasteiger partial charge in [0.15, 0.2) is 5.96 Å². The van der Waals surface area contributed by atoms with Gasteiger partial charge >= 0.3 is 15.5 Å². The van der Waals surface area contributed by atoms with Crippen LogP contribution in [0.5, 0.6) is 5.75 Å². The molecule has 0 aliphatic carbocycles. The molecule has 11 heteroatoms. The van der Waals surface area contributed by atoms with Crippen molar-refractivity contribution in [3.05, 3.63) is 29.8 Å². The van der Waals surface area contributed by atoms with Crippen molar-refractivity contribution in [2.45, 2.75) is 37.8 Å². The van der Waals surface area contributed by atoms with Crippen molar-refractivity contribution < 1.29 is 26.3 Å². The van der Waals surface area contributed by atoms with Gasteiger partial charge in [0.2, 0.25) is 0 Å². The molecule has 168 valence electrons. The number of aliphatic imine (C=N–C) groups is 1. The van der Waals surface area contributed by atoms with E-state index in [1.165, 1.54) is 5.56 Å². The van der Waals surface area contributed by atoms with E-state index in [0.717, 1.165) is 12.2 Å². The number of fused-ring (bicyclic) bond motifs is 1. The topological polar surface area (TPSA) is 83.0 Å². The summed E-state index contributed by atoms with van der Waals surface area (Å²) in [5.41, 5.74) is -4.07. The maximum Gasteiger partial charge on any atom is 0.511 e. The Labute approximate surface area is 174 Å². The van der Waals surface area contributed by atoms with Gasteiger partial charge in [-0.15, -0.1) is 0 Å². The highest BCUT2D eigenvalue weighted by molar-refractivity contribution is 7.90. The zero-order valence-electron chi connectivity index (χ0n) is 16.8. The van der Waals surface area contributed by atoms with E-state index in [9.17, 15) is 21.6 Å². The fourth-order valence-electron chi connectivity index (χ4n) is 3.62. The molecule has 0 radical (unpaired) electrons. The molecule has 1 fully saturated rings. The molecule has 1 atom stereocenters. The number of alkyl halides is 3. The van der Waals surface area contributed by atoms with Crippen LogP contribution in [-0.2, 0) is 16.4 Å². The van der Waals surface area contributed by atoms with E-state index in [1.807, 2.05) is 31.2 Å². The molecule has 0 spiro atoms. The first-order valence-corrected chi connectivity index (χ1v) is 11.5. The smallest absolute Gasteiger partial charge is 0.488 e. The Kier molecular flexibility index (Phi) is 7.12. The highest BCUT2D eigenvalue weighted by atomic mass is 32.2. The number of nitrogens with zero attached hydrogens (tertiary/aromatic N) is 2. The molecular formula is C19H27F3N4O3S. The van der Waals surface area contributed by atoms with E-state index in [4.69, 9.17) is 4.74 Å². The Morgan fingerprint density at radius 3 is 2.57 bits per heavy atom. The number of hydrogen-bond donors (Lipinski definition) is 2. The minimum atomic E-state index is -5.25. The third-order valence-corrected chi connectivity index (χ3v) is 6.90. The quantitative estimate of drug-likeness (QED) is 0.515. The van der Waals surface area contributed by atoms with Crippen molar-refractivity contribution in [1.82, 2.24) is 14.9 Å². The molecule has 0 aromatic heterocycles. The summed E-state index contributed by atoms with van der Waals surface area (Å²) in [6.07, 6.45) is 1.51. The van der Waals surface area contributed by atoms with E-state index in [1.54, 1.807) is 0 Å². The largest absolute Gasteiger partial charge is 0.511 e. The van der Waals surface area contributed by atoms with Crippen LogP contribution in [0.25, 0.3) is 0 Å². The third-order valence-electron chi connectivity index (χ3n) is 5.27. The Balaban J connectivity index is 1.48. The van der Waals surface area contributed by atoms with Crippen LogP contribution in [0.2, 0.25) is 0 Å². The lowest BCUT2D eigenvalue weighted by atomic mass is 9.98. The third kappa shape index (κ3) is 5.37. The lowest BCUT2D eigenvalue weighted by molar-refractivity contribution is -0.0496. The predicted octanol–water partition coefficient (Wildman–Crippen LogP) is 2.11. The van der Waals surface area contributed by atoms with Crippen LogP contribution in [-0.4, -0.2) is 63.0 Å². The summed E-state index contributed by atoms with van der Waals surface area (Å²) in [6.45, 7) is 3.32. The average molecular weight is 449 g/mol. The average Bonchev–Trinajstić information content (AvgIpc) is 3.12. The number of ether oxygens (including phenoxy) is 1. The number of para-hydroxylation sites is 1. The number of nitrogens with one attached hydrogen (secondary N) is 2. The monoisotopic (exact) mass is 448 g/mol. The fourth-order valence-corrected chi connectivity index (χ4v) is 4.60. The van der Waals surface area contributed by atoms with E-state index in [-0.39, 0.29) is 25.1 Å². The highest BCUT2D eigenvalue weighted by Gasteiger charge is 2.50. The van der Waals surface area contributed by atoms with Crippen LogP contribution < -0.4 is 15.4 Å². The molecule has 1 unspecified atom stereocenters. The second-order valence-corrected chi connectivity index (χ2v) is 9.37. The van der Waals surface area contributed by atoms with Gasteiger partial charge in [0.25, 0.3) is 0 Å². The molecule has 0 amide bonds. The van der Waals surface area contributed by atoms with Crippen LogP contribution >= 0.6 is 0 Å². The lowest BCUT2D eigenvalue weighted by Gasteiger charge is -2.31. The fraction of sp³-hybridized carbons (Fsp3) is 0.632. The van der Waals surface area contributed by atoms with Crippen molar-refractivity contribution in [2.75, 3.05) is 32.7 Å². The summed E-state index contributed by atoms with van der Waals surface area (Å²) >= 11 is 0. The molecule has 1 aromatic rings. The molecule has 2 aliphatic rings. The van der Waals surface area contributed by atoms with Gasteiger partial charge < -0.3 is 15.4 Å². The standard InChI is InChI=1S/C19H27F3N4O3S/c1-2-23-18(25-13-16-11-15-5-3-4-6-17(15)29-16)24-12-14-7-9-26(10-8-14)30(27,28)19(20,21)22/h3-6,14,16H,2,7-13H2,1H3,(H2,23,24,25). The van der Waals surface area contributed by atoms with Crippen molar-refractivity contribution in [3.8, 4) is 5.75 Å². The summed E-state index contributed by atoms with van der Waals surface area (Å²) in [6, 6.07) is 7.90. The van der Waals surface area contributed by atoms with E-state index in [0.29, 0.717) is 42.7 Å². The normalized spacial score (nSPS) is 21.2. The van der Waals surface area contributed by atoms with E-state index in [2.05, 4.69) is 15.6 Å². The summed E-state index contributed by atoms with van der Waals surface area (Å²) in [7, 11) is -5.24. The summed E-state index contributed by atoms with van der Waals surface area (Å²) in [5.74, 6) is 1.54. The minimum Gasteiger partial charge on any atom is -0.488 e. The molecule has 1 saturated heterocycles. The number of guanidine groups is 1. The van der Waals surface area contributed by atoms with Crippen molar-refractivity contribution in [2.24, 2.45) is 10.9 Å². The Bertz CT molecular complexity index is 828. The Hall–Kier alpha value is -2.01. The Morgan fingerprint density at radius 2 is 1.93 bits per heavy atom. The summed E-state index contributed by atoms with van der Waals surface area (Å²) < 4.78 is 67.4. The van der Waals surface area contributed by atoms with Gasteiger partial charge in [0.05, 0.1) is 6.54 Å². The van der Waals surface area contributed by atoms with Crippen molar-refractivity contribution in [1.29, 1.82) is 0 Å². The van der Waals surface area contributed by atoms with Gasteiger partial charge in [0, 0.05) is 32.6 Å². The number of rotatable bonds is 6. The molecule has 2 aliphatic heterocycles. The molecule has 7 nitrogen and oxygen atoms in total. The van der Waals surface area contributed by atoms with Gasteiger partial charge in [-0.25, -0.2) is 8.42 Å². The first kappa shape index (κ1) is 22.7. The molecule has 2 heterocycles. The molecule has 3 rings (SSSR count). The van der Waals surface area contributed by atoms with Crippen LogP contribution in [0.1, 0.15) is 25.3 Å². The van der Waals surface area contributed by atoms with E-state index >= 15 is 0 Å². The molecule has 0 saturated carbocycles. The van der Waals surface area contributed by atoms with Gasteiger partial charge in [-0.1, -0.05) is 18.2 Å². The van der Waals surface area contributed by atoms with Crippen molar-refractivity contribution >= 4 is 16.0 Å². The van der Waals surface area contributed by atoms with Crippen molar-refractivity contribution in [3.63, 3.8) is 0 Å². The second-order valence-electron chi connectivity index (χ2n) is 7.45. The zero-order valence-corrected chi connectivity index (χ0v) is 17.6. The Morgan fingerprint density at radius 1 is 1.23 bits per heavy atom. The van der Waals surface area contributed by atoms with Gasteiger partial charge in [-0.3, -0.25) is 4.99 Å². The second kappa shape index (κ2) is 9.42. The van der Waals surface area contributed by atoms with Gasteiger partial charge in [0.1, 0.15) is 11.9 Å². The number of benzene rings is 1. The van der Waals surface area contributed by atoms with Crippen LogP contribution in [0.3, 0.4) is 0 Å². The summed E-state index contributed by atoms with van der Waals surface area (Å²) in [5, 5.41) is 6.40. The number of sulfonamides is 1. The number of halogens is 3. The van der Waals surface area contributed by atoms with Crippen LogP contribution in [0.4, 0.5) is 13.2 Å². The maximum atomic E-state index is 12.7. The minimum absolute atomic E-state index is 0.00192. The SMILES string of the molecule is CCNC(=NCC1CCN(S(=O)(=O)C(F)(F)F)CC1)NCC1Cc2ccccc2O1. The highest BCUT2D eigenvalue weighted by Crippen LogP contribution is 2.30. The first-order chi connectivity index (χ1) is 14.2. The predicted molar refractivity (Wildman–Crippen MR) is 108 cm³/mol. The molecule has 1 aromatic carbocycles. The number of piperidine rings is 1. The molecule has 0 bridgehead atoms. The van der Waals surface area contributed by atoms with Crippen LogP contribution in [0.15, 0.2) is 29.3 Å². The van der Waals surface area contributed by atoms with E-state index < -0.39 is 15.5 Å². The first-order valence-electron chi connectivity index (χ1n) is 10.0.